The van der Waals surface area contributed by atoms with E-state index in [0.717, 1.165) is 28.7 Å². The molecule has 0 saturated carbocycles. The van der Waals surface area contributed by atoms with E-state index in [4.69, 9.17) is 4.74 Å². The standard InChI is InChI=1S/C26H23NO4/c28-25(29)24(14-17-13-16-7-1-2-8-18(16)17)27-26(30)31-15-23-21-11-5-3-9-19(21)20-10-4-6-12-22(20)23/h1-12,17,23-24H,13-15H2,(H,27,30)(H,28,29). The van der Waals surface area contributed by atoms with Gasteiger partial charge in [0, 0.05) is 5.92 Å². The summed E-state index contributed by atoms with van der Waals surface area (Å²) in [7, 11) is 0. The minimum atomic E-state index is -1.04. The fourth-order valence-electron chi connectivity index (χ4n) is 4.86. The predicted octanol–water partition coefficient (Wildman–Crippen LogP) is 4.71. The van der Waals surface area contributed by atoms with E-state index in [1.54, 1.807) is 0 Å². The van der Waals surface area contributed by atoms with Gasteiger partial charge in [-0.3, -0.25) is 0 Å². The Kier molecular flexibility index (Phi) is 4.94. The first-order chi connectivity index (χ1) is 15.1. The van der Waals surface area contributed by atoms with E-state index in [2.05, 4.69) is 35.6 Å². The maximum Gasteiger partial charge on any atom is 0.407 e. The third-order valence-corrected chi connectivity index (χ3v) is 6.42. The van der Waals surface area contributed by atoms with Gasteiger partial charge in [0.15, 0.2) is 0 Å². The van der Waals surface area contributed by atoms with Crippen LogP contribution in [0.2, 0.25) is 0 Å². The zero-order chi connectivity index (χ0) is 21.4. The maximum absolute atomic E-state index is 12.5. The van der Waals surface area contributed by atoms with Gasteiger partial charge < -0.3 is 15.2 Å². The van der Waals surface area contributed by atoms with E-state index in [1.807, 2.05) is 42.5 Å². The number of carbonyl (C=O) groups excluding carboxylic acids is 1. The number of nitrogens with one attached hydrogen (secondary N) is 1. The van der Waals surface area contributed by atoms with Crippen molar-refractivity contribution in [1.82, 2.24) is 5.32 Å². The fourth-order valence-corrected chi connectivity index (χ4v) is 4.86. The van der Waals surface area contributed by atoms with Gasteiger partial charge in [-0.25, -0.2) is 9.59 Å². The third kappa shape index (κ3) is 3.56. The van der Waals surface area contributed by atoms with Gasteiger partial charge in [-0.2, -0.15) is 0 Å². The van der Waals surface area contributed by atoms with Gasteiger partial charge in [-0.05, 0) is 52.1 Å². The van der Waals surface area contributed by atoms with Crippen LogP contribution in [0.25, 0.3) is 11.1 Å². The molecule has 0 saturated heterocycles. The van der Waals surface area contributed by atoms with Crippen molar-refractivity contribution < 1.29 is 19.4 Å². The van der Waals surface area contributed by atoms with Crippen LogP contribution in [0.5, 0.6) is 0 Å². The van der Waals surface area contributed by atoms with Gasteiger partial charge in [0.2, 0.25) is 0 Å². The Labute approximate surface area is 180 Å². The SMILES string of the molecule is O=C(NC(CC1Cc2ccccc21)C(=O)O)OCC1c2ccccc2-c2ccccc21. The largest absolute Gasteiger partial charge is 0.480 e. The highest BCUT2D eigenvalue weighted by Gasteiger charge is 2.33. The van der Waals surface area contributed by atoms with Crippen molar-refractivity contribution >= 4 is 12.1 Å². The Balaban J connectivity index is 1.24. The van der Waals surface area contributed by atoms with E-state index in [9.17, 15) is 14.7 Å². The third-order valence-electron chi connectivity index (χ3n) is 6.42. The highest BCUT2D eigenvalue weighted by molar-refractivity contribution is 5.81. The van der Waals surface area contributed by atoms with Crippen LogP contribution in [-0.2, 0) is 16.0 Å². The first-order valence-electron chi connectivity index (χ1n) is 10.5. The van der Waals surface area contributed by atoms with Crippen LogP contribution in [0.4, 0.5) is 4.79 Å². The summed E-state index contributed by atoms with van der Waals surface area (Å²) < 4.78 is 5.51. The van der Waals surface area contributed by atoms with Crippen LogP contribution in [0, 0.1) is 0 Å². The molecule has 2 aliphatic rings. The smallest absolute Gasteiger partial charge is 0.407 e. The van der Waals surface area contributed by atoms with E-state index < -0.39 is 18.1 Å². The van der Waals surface area contributed by atoms with Crippen LogP contribution in [0.1, 0.15) is 40.5 Å². The summed E-state index contributed by atoms with van der Waals surface area (Å²) >= 11 is 0. The number of rotatable bonds is 6. The molecule has 156 valence electrons. The van der Waals surface area contributed by atoms with Crippen LogP contribution >= 0.6 is 0 Å². The molecule has 3 aromatic carbocycles. The molecule has 0 bridgehead atoms. The van der Waals surface area contributed by atoms with E-state index in [-0.39, 0.29) is 18.4 Å². The Morgan fingerprint density at radius 1 is 0.903 bits per heavy atom. The number of fused-ring (bicyclic) bond motifs is 4. The fraction of sp³-hybridized carbons (Fsp3) is 0.231. The molecule has 0 radical (unpaired) electrons. The van der Waals surface area contributed by atoms with Gasteiger partial charge in [-0.1, -0.05) is 72.8 Å². The highest BCUT2D eigenvalue weighted by Crippen LogP contribution is 2.44. The summed E-state index contributed by atoms with van der Waals surface area (Å²) in [6.07, 6.45) is 0.505. The first-order valence-corrected chi connectivity index (χ1v) is 10.5. The quantitative estimate of drug-likeness (QED) is 0.614. The second kappa shape index (κ2) is 7.91. The molecule has 5 rings (SSSR count). The number of hydrogen-bond donors (Lipinski definition) is 2. The molecule has 31 heavy (non-hydrogen) atoms. The van der Waals surface area contributed by atoms with Crippen LogP contribution in [0.15, 0.2) is 72.8 Å². The number of benzene rings is 3. The van der Waals surface area contributed by atoms with Crippen molar-refractivity contribution in [3.8, 4) is 11.1 Å². The normalized spacial score (nSPS) is 17.0. The number of carboxylic acids is 1. The summed E-state index contributed by atoms with van der Waals surface area (Å²) in [6.45, 7) is 0.165. The molecule has 1 amide bonds. The number of hydrogen-bond acceptors (Lipinski definition) is 3. The Morgan fingerprint density at radius 3 is 2.10 bits per heavy atom. The molecule has 3 aromatic rings. The van der Waals surface area contributed by atoms with E-state index in [0.29, 0.717) is 6.42 Å². The monoisotopic (exact) mass is 413 g/mol. The molecule has 0 aliphatic heterocycles. The average Bonchev–Trinajstić information content (AvgIpc) is 3.09. The zero-order valence-corrected chi connectivity index (χ0v) is 17.0. The van der Waals surface area contributed by atoms with E-state index in [1.165, 1.54) is 11.1 Å². The maximum atomic E-state index is 12.5. The molecular formula is C26H23NO4. The molecule has 5 heteroatoms. The second-order valence-electron chi connectivity index (χ2n) is 8.20. The van der Waals surface area contributed by atoms with Gasteiger partial charge in [0.1, 0.15) is 12.6 Å². The van der Waals surface area contributed by atoms with Gasteiger partial charge in [0.05, 0.1) is 0 Å². The molecule has 0 aromatic heterocycles. The average molecular weight is 413 g/mol. The lowest BCUT2D eigenvalue weighted by Gasteiger charge is -2.32. The number of ether oxygens (including phenoxy) is 1. The molecule has 2 atom stereocenters. The molecule has 0 spiro atoms. The Hall–Kier alpha value is -3.60. The molecular weight excluding hydrogens is 390 g/mol. The molecule has 2 unspecified atom stereocenters. The minimum absolute atomic E-state index is 0.0556. The van der Waals surface area contributed by atoms with Crippen LogP contribution in [0.3, 0.4) is 0 Å². The number of alkyl carbamates (subject to hydrolysis) is 1. The van der Waals surface area contributed by atoms with Gasteiger partial charge in [-0.15, -0.1) is 0 Å². The van der Waals surface area contributed by atoms with Gasteiger partial charge in [0.25, 0.3) is 0 Å². The lowest BCUT2D eigenvalue weighted by Crippen LogP contribution is -2.43. The first kappa shape index (κ1) is 19.4. The lowest BCUT2D eigenvalue weighted by molar-refractivity contribution is -0.139. The van der Waals surface area contributed by atoms with Crippen molar-refractivity contribution in [3.05, 3.63) is 95.1 Å². The zero-order valence-electron chi connectivity index (χ0n) is 17.0. The topological polar surface area (TPSA) is 75.6 Å². The number of amides is 1. The number of aliphatic carboxylic acids is 1. The minimum Gasteiger partial charge on any atom is -0.480 e. The number of carboxylic acid groups (broad SMARTS) is 1. The number of carbonyl (C=O) groups is 2. The highest BCUT2D eigenvalue weighted by atomic mass is 16.5. The van der Waals surface area contributed by atoms with E-state index >= 15 is 0 Å². The van der Waals surface area contributed by atoms with Crippen LogP contribution in [-0.4, -0.2) is 29.8 Å². The van der Waals surface area contributed by atoms with Crippen molar-refractivity contribution in [2.75, 3.05) is 6.61 Å². The Morgan fingerprint density at radius 2 is 1.48 bits per heavy atom. The second-order valence-corrected chi connectivity index (χ2v) is 8.20. The summed E-state index contributed by atoms with van der Waals surface area (Å²) in [6, 6.07) is 23.3. The summed E-state index contributed by atoms with van der Waals surface area (Å²) in [5.41, 5.74) is 6.97. The van der Waals surface area contributed by atoms with Crippen molar-refractivity contribution in [1.29, 1.82) is 0 Å². The molecule has 0 heterocycles. The van der Waals surface area contributed by atoms with Crippen LogP contribution < -0.4 is 5.32 Å². The molecule has 0 fully saturated rings. The Bertz CT molecular complexity index is 1110. The molecule has 5 nitrogen and oxygen atoms in total. The summed E-state index contributed by atoms with van der Waals surface area (Å²) in [4.78, 5) is 24.2. The molecule has 2 N–H and O–H groups in total. The lowest BCUT2D eigenvalue weighted by atomic mass is 9.74. The molecule has 2 aliphatic carbocycles. The van der Waals surface area contributed by atoms with Crippen molar-refractivity contribution in [2.45, 2.75) is 30.7 Å². The summed E-state index contributed by atoms with van der Waals surface area (Å²) in [5, 5.41) is 12.2. The van der Waals surface area contributed by atoms with Crippen molar-refractivity contribution in [3.63, 3.8) is 0 Å². The van der Waals surface area contributed by atoms with Gasteiger partial charge >= 0.3 is 12.1 Å². The van der Waals surface area contributed by atoms with Crippen molar-refractivity contribution in [2.24, 2.45) is 0 Å². The predicted molar refractivity (Wildman–Crippen MR) is 117 cm³/mol. The summed E-state index contributed by atoms with van der Waals surface area (Å²) in [5.74, 6) is -0.955.